The zero-order valence-electron chi connectivity index (χ0n) is 66.9. The molecule has 1 aliphatic carbocycles. The summed E-state index contributed by atoms with van der Waals surface area (Å²) in [4.78, 5) is 67.6. The molecule has 1 aromatic carbocycles. The van der Waals surface area contributed by atoms with Gasteiger partial charge in [-0.2, -0.15) is 0 Å². The van der Waals surface area contributed by atoms with Crippen molar-refractivity contribution >= 4 is 29.3 Å². The average Bonchev–Trinajstić information content (AvgIpc) is 0.804. The van der Waals surface area contributed by atoms with Gasteiger partial charge in [-0.3, -0.25) is 19.2 Å². The van der Waals surface area contributed by atoms with E-state index in [9.17, 15) is 106 Å². The fourth-order valence-electron chi connectivity index (χ4n) is 16.4. The van der Waals surface area contributed by atoms with Crippen LogP contribution >= 0.6 is 0 Å². The molecule has 0 saturated carbocycles. The second-order valence-corrected chi connectivity index (χ2v) is 33.2. The minimum absolute atomic E-state index is 0.0675. The van der Waals surface area contributed by atoms with Crippen LogP contribution < -0.4 is 0 Å². The zero-order valence-corrected chi connectivity index (χ0v) is 66.9. The minimum Gasteiger partial charge on any atom is -0.458 e. The lowest BCUT2D eigenvalue weighted by Gasteiger charge is -2.47. The number of ketones is 3. The minimum atomic E-state index is -3.07. The molecule has 5 heterocycles. The van der Waals surface area contributed by atoms with E-state index in [4.69, 9.17) is 42.6 Å². The molecule has 5 aliphatic heterocycles. The first-order chi connectivity index (χ1) is 52.5. The van der Waals surface area contributed by atoms with Crippen molar-refractivity contribution < 1.29 is 148 Å². The maximum Gasteiger partial charge on any atom is 0.330 e. The van der Waals surface area contributed by atoms with E-state index in [0.29, 0.717) is 36.8 Å². The van der Waals surface area contributed by atoms with Crippen LogP contribution in [0.4, 0.5) is 0 Å². The molecule has 0 spiro atoms. The third-order valence-electron chi connectivity index (χ3n) is 23.6. The van der Waals surface area contributed by atoms with Gasteiger partial charge in [0.15, 0.2) is 36.5 Å². The maximum atomic E-state index is 14.2. The Bertz CT molecular complexity index is 3240. The molecule has 0 aromatic heterocycles. The topological polar surface area (TPSA) is 492 Å². The zero-order chi connectivity index (χ0) is 83.1. The first-order valence-corrected chi connectivity index (χ1v) is 40.3. The number of benzene rings is 1. The second-order valence-electron chi connectivity index (χ2n) is 33.2. The number of esters is 2. The van der Waals surface area contributed by atoms with Gasteiger partial charge in [0.2, 0.25) is 5.78 Å². The van der Waals surface area contributed by atoms with Crippen molar-refractivity contribution in [1.82, 2.24) is 0 Å². The van der Waals surface area contributed by atoms with Crippen LogP contribution in [0.2, 0.25) is 0 Å². The van der Waals surface area contributed by atoms with Crippen molar-refractivity contribution in [3.63, 3.8) is 0 Å². The molecular weight excluding hydrogens is 1460 g/mol. The molecule has 4 fully saturated rings. The average molecular weight is 1600 g/mol. The third kappa shape index (κ3) is 25.7. The Kier molecular flexibility index (Phi) is 36.1. The number of Topliss-reactive ketones (excluding diaryl/α,β-unsaturated/α-hetero) is 2. The standard InChI is InChI=1S/C82H130O30/c1-13-65(107-69-39-81(12,102)79(49(11)106-69)110-68-38-63(92)76(48(10)105-68)111-80(101)46(8)75(109-67-30-29-61(90)47(9)104-67)50-25-28-59-60(32-50)62(91)31-42(4)70(59)95)43(5)72(97)44(6)73(98)45(7)74-41(3)24-27-52(84)18-15-20-55(87)34-56(88)35-57(89)36-58-37-64(93)77(99)82(103,112-58)78(100)71(96)40(2)23-26-51(83)17-14-19-53(85)33-54(86)21-16-22-66(94)108-74/h16,22,24-25,27-28,31-32,40-41,43-49,51-58,61,63-65,67-69,71-77,79,83-90,92-93,96-99,102-103H,13-15,17-21,23,26,29-30,33-39H2,1-12H3/b22-16+,27-24-/t40?,41-,43-,44+,45-,46-,47-,48-,49-,51?,52?,53?,54?,55-,56-,57-,58-,61-,63-,64-,65-,67-,68-,69-,71+,72+,73+,74+,75+,76+,77+,79+,81+,82-/m0/s1. The molecule has 6 aliphatic rings. The lowest BCUT2D eigenvalue weighted by molar-refractivity contribution is -0.336. The van der Waals surface area contributed by atoms with Gasteiger partial charge in [0.05, 0.1) is 121 Å². The summed E-state index contributed by atoms with van der Waals surface area (Å²) in [5, 5.41) is 179. The molecule has 16 N–H and O–H groups in total. The van der Waals surface area contributed by atoms with Gasteiger partial charge in [0, 0.05) is 72.1 Å². The Morgan fingerprint density at radius 3 is 1.90 bits per heavy atom. The smallest absolute Gasteiger partial charge is 0.330 e. The van der Waals surface area contributed by atoms with Crippen molar-refractivity contribution in [2.75, 3.05) is 0 Å². The Hall–Kier alpha value is -4.53. The number of aliphatic hydroxyl groups is 16. The highest BCUT2D eigenvalue weighted by Crippen LogP contribution is 2.41. The maximum absolute atomic E-state index is 14.2. The van der Waals surface area contributed by atoms with Crippen LogP contribution in [-0.4, -0.2) is 276 Å². The molecule has 2 bridgehead atoms. The number of hydrogen-bond donors (Lipinski definition) is 16. The molecule has 112 heavy (non-hydrogen) atoms. The fourth-order valence-corrected chi connectivity index (χ4v) is 16.4. The van der Waals surface area contributed by atoms with Crippen LogP contribution in [0.15, 0.2) is 54.2 Å². The number of fused-ring (bicyclic) bond motifs is 3. The molecule has 7 rings (SSSR count). The highest BCUT2D eigenvalue weighted by atomic mass is 16.7. The highest BCUT2D eigenvalue weighted by molar-refractivity contribution is 6.24. The van der Waals surface area contributed by atoms with Crippen LogP contribution in [-0.2, 0) is 57.0 Å². The molecule has 4 saturated heterocycles. The van der Waals surface area contributed by atoms with E-state index in [0.717, 1.165) is 6.08 Å². The molecule has 638 valence electrons. The van der Waals surface area contributed by atoms with Gasteiger partial charge in [-0.25, -0.2) is 4.79 Å². The predicted molar refractivity (Wildman–Crippen MR) is 401 cm³/mol. The van der Waals surface area contributed by atoms with E-state index in [1.54, 1.807) is 81.4 Å². The van der Waals surface area contributed by atoms with Gasteiger partial charge in [-0.05, 0) is 168 Å². The van der Waals surface area contributed by atoms with E-state index in [1.807, 2.05) is 6.92 Å². The number of allylic oxidation sites excluding steroid dienone is 2. The van der Waals surface area contributed by atoms with E-state index < -0.39 is 224 Å². The summed E-state index contributed by atoms with van der Waals surface area (Å²) in [5.41, 5.74) is -0.607. The van der Waals surface area contributed by atoms with Crippen LogP contribution in [0, 0.1) is 35.5 Å². The summed E-state index contributed by atoms with van der Waals surface area (Å²) < 4.78 is 55.5. The normalized spacial score (nSPS) is 40.4. The Labute approximate surface area is 657 Å². The number of rotatable bonds is 17. The van der Waals surface area contributed by atoms with Crippen LogP contribution in [0.25, 0.3) is 0 Å². The quantitative estimate of drug-likeness (QED) is 0.0780. The molecule has 34 atom stereocenters. The first kappa shape index (κ1) is 94.6. The molecule has 5 unspecified atom stereocenters. The lowest BCUT2D eigenvalue weighted by Crippen LogP contribution is -2.65. The summed E-state index contributed by atoms with van der Waals surface area (Å²) in [6.45, 7) is 19.7. The van der Waals surface area contributed by atoms with E-state index >= 15 is 0 Å². The summed E-state index contributed by atoms with van der Waals surface area (Å²) in [6.07, 6.45) is -22.5. The Morgan fingerprint density at radius 2 is 1.25 bits per heavy atom. The van der Waals surface area contributed by atoms with Crippen LogP contribution in [0.5, 0.6) is 0 Å². The van der Waals surface area contributed by atoms with Crippen molar-refractivity contribution in [3.05, 3.63) is 70.8 Å². The van der Waals surface area contributed by atoms with Crippen molar-refractivity contribution in [2.45, 2.75) is 376 Å². The van der Waals surface area contributed by atoms with Gasteiger partial charge in [0.25, 0.3) is 5.79 Å². The Morgan fingerprint density at radius 1 is 0.625 bits per heavy atom. The first-order valence-electron chi connectivity index (χ1n) is 40.3. The van der Waals surface area contributed by atoms with Gasteiger partial charge in [0.1, 0.15) is 24.4 Å². The summed E-state index contributed by atoms with van der Waals surface area (Å²) in [5.74, 6) is -11.9. The third-order valence-corrected chi connectivity index (χ3v) is 23.6. The number of ether oxygens (including phenoxy) is 9. The second kappa shape index (κ2) is 42.7. The summed E-state index contributed by atoms with van der Waals surface area (Å²) >= 11 is 0. The lowest BCUT2D eigenvalue weighted by atomic mass is 9.78. The molecule has 30 nitrogen and oxygen atoms in total. The number of cyclic esters (lactones) is 1. The fraction of sp³-hybridized carbons (Fsp3) is 0.793. The van der Waals surface area contributed by atoms with Crippen molar-refractivity contribution in [2.24, 2.45) is 35.5 Å². The van der Waals surface area contributed by atoms with Crippen LogP contribution in [0.1, 0.15) is 237 Å². The largest absolute Gasteiger partial charge is 0.458 e. The van der Waals surface area contributed by atoms with Crippen molar-refractivity contribution in [1.29, 1.82) is 0 Å². The molecule has 30 heteroatoms. The van der Waals surface area contributed by atoms with Crippen LogP contribution in [0.3, 0.4) is 0 Å². The van der Waals surface area contributed by atoms with Gasteiger partial charge in [-0.1, -0.05) is 65.8 Å². The number of hydrogen-bond acceptors (Lipinski definition) is 30. The number of aliphatic hydroxyl groups excluding tert-OH is 14. The summed E-state index contributed by atoms with van der Waals surface area (Å²) in [7, 11) is 0. The monoisotopic (exact) mass is 1590 g/mol. The summed E-state index contributed by atoms with van der Waals surface area (Å²) in [6, 6.07) is 4.63. The SMILES string of the molecule is CC[C@H](O[C@H]1C[C@@](C)(O)[C@H](O[C@H]2C[C@H](O)[C@H](OC(=O)[C@@H](C)[C@@H](O[C@H]3CC[C@H](O)[C@H](C)O3)c3ccc4c(c3)C(=O)C=C(C)C4=O)[C@H](C)O2)[C@H](C)O1)[C@H](C)[C@@H](O)[C@@H](C)[C@@H](O)[C@H](C)[C@@H]1OC(=O)/C=C/CC(O)CC(O)CCCC(O)CCC(C)[C@@H](O)C(=O)[C@@]2(O)O[C@@H](C[C@@H](O)C[C@@H](O)C[C@@H](O)CCCC(O)/C=C\[C@@H]1C)C[C@H](O)[C@H]2O. The van der Waals surface area contributed by atoms with Gasteiger partial charge in [-0.15, -0.1) is 0 Å². The molecule has 0 radical (unpaired) electrons. The molecule has 0 amide bonds. The Balaban J connectivity index is 0.954. The van der Waals surface area contributed by atoms with E-state index in [-0.39, 0.29) is 119 Å². The predicted octanol–water partition coefficient (Wildman–Crippen LogP) is 3.73. The van der Waals surface area contributed by atoms with E-state index in [1.165, 1.54) is 37.3 Å². The number of carbonyl (C=O) groups is 5. The molecule has 1 aromatic rings. The highest BCUT2D eigenvalue weighted by Gasteiger charge is 2.56. The molecular formula is C82H130O30. The number of carbonyl (C=O) groups excluding carboxylic acids is 5. The van der Waals surface area contributed by atoms with Crippen molar-refractivity contribution in [3.8, 4) is 0 Å². The van der Waals surface area contributed by atoms with Gasteiger partial charge < -0.3 is 124 Å². The van der Waals surface area contributed by atoms with E-state index in [2.05, 4.69) is 0 Å². The van der Waals surface area contributed by atoms with Gasteiger partial charge >= 0.3 is 11.9 Å².